The van der Waals surface area contributed by atoms with Crippen LogP contribution in [0, 0.1) is 5.92 Å². The van der Waals surface area contributed by atoms with Crippen molar-refractivity contribution >= 4 is 44.8 Å². The molecule has 1 aliphatic rings. The Kier molecular flexibility index (Phi) is 6.66. The summed E-state index contributed by atoms with van der Waals surface area (Å²) in [4.78, 5) is 12.4. The van der Waals surface area contributed by atoms with Crippen LogP contribution in [0.5, 0.6) is 0 Å². The van der Waals surface area contributed by atoms with E-state index >= 15 is 0 Å². The van der Waals surface area contributed by atoms with Gasteiger partial charge in [0.25, 0.3) is 0 Å². The van der Waals surface area contributed by atoms with Crippen LogP contribution >= 0.6 is 23.2 Å². The van der Waals surface area contributed by atoms with E-state index < -0.39 is 33.6 Å². The first kappa shape index (κ1) is 22.9. The molecular formula is C19H17Cl2F3N2O3S. The molecule has 1 fully saturated rings. The SMILES string of the molecule is O=C(Nc1ccc(C(F)(F)F)cc1)[C@H]1CCCN(S(=O)(=O)c2cc(Cl)ccc2Cl)C1. The fourth-order valence-electron chi connectivity index (χ4n) is 3.18. The summed E-state index contributed by atoms with van der Waals surface area (Å²) in [5.74, 6) is -1.12. The van der Waals surface area contributed by atoms with Gasteiger partial charge >= 0.3 is 6.18 Å². The lowest BCUT2D eigenvalue weighted by Crippen LogP contribution is -2.43. The topological polar surface area (TPSA) is 66.5 Å². The Morgan fingerprint density at radius 2 is 1.77 bits per heavy atom. The van der Waals surface area contributed by atoms with Gasteiger partial charge in [0, 0.05) is 23.8 Å². The van der Waals surface area contributed by atoms with Gasteiger partial charge in [0.1, 0.15) is 4.90 Å². The number of carbonyl (C=O) groups is 1. The number of halogens is 5. The summed E-state index contributed by atoms with van der Waals surface area (Å²) >= 11 is 11.9. The van der Waals surface area contributed by atoms with Gasteiger partial charge in [0.05, 0.1) is 16.5 Å². The third kappa shape index (κ3) is 5.08. The summed E-state index contributed by atoms with van der Waals surface area (Å²) < 4.78 is 65.1. The first-order chi connectivity index (χ1) is 14.0. The average molecular weight is 481 g/mol. The maximum Gasteiger partial charge on any atom is 0.416 e. The summed E-state index contributed by atoms with van der Waals surface area (Å²) in [6, 6.07) is 8.16. The first-order valence-corrected chi connectivity index (χ1v) is 11.1. The highest BCUT2D eigenvalue weighted by molar-refractivity contribution is 7.89. The highest BCUT2D eigenvalue weighted by atomic mass is 35.5. The number of anilines is 1. The Balaban J connectivity index is 1.72. The fourth-order valence-corrected chi connectivity index (χ4v) is 5.44. The van der Waals surface area contributed by atoms with Gasteiger partial charge in [-0.2, -0.15) is 17.5 Å². The van der Waals surface area contributed by atoms with E-state index in [-0.39, 0.29) is 33.7 Å². The van der Waals surface area contributed by atoms with E-state index in [1.165, 1.54) is 22.5 Å². The van der Waals surface area contributed by atoms with E-state index in [4.69, 9.17) is 23.2 Å². The van der Waals surface area contributed by atoms with Crippen LogP contribution in [0.1, 0.15) is 18.4 Å². The lowest BCUT2D eigenvalue weighted by atomic mass is 9.98. The zero-order valence-corrected chi connectivity index (χ0v) is 17.7. The summed E-state index contributed by atoms with van der Waals surface area (Å²) in [7, 11) is -3.96. The highest BCUT2D eigenvalue weighted by Gasteiger charge is 2.35. The smallest absolute Gasteiger partial charge is 0.326 e. The molecule has 0 spiro atoms. The normalized spacial score (nSPS) is 18.2. The van der Waals surface area contributed by atoms with E-state index in [0.717, 1.165) is 24.3 Å². The van der Waals surface area contributed by atoms with Crippen molar-refractivity contribution in [3.05, 3.63) is 58.1 Å². The number of piperidine rings is 1. The minimum absolute atomic E-state index is 0.0238. The minimum Gasteiger partial charge on any atom is -0.326 e. The van der Waals surface area contributed by atoms with Crippen molar-refractivity contribution in [2.45, 2.75) is 23.9 Å². The standard InChI is InChI=1S/C19H17Cl2F3N2O3S/c20-14-5-8-16(21)17(10-14)30(28,29)26-9-1-2-12(11-26)18(27)25-15-6-3-13(4-7-15)19(22,23)24/h3-8,10,12H,1-2,9,11H2,(H,25,27)/t12-/m0/s1. The predicted molar refractivity (Wildman–Crippen MR) is 108 cm³/mol. The molecule has 0 aromatic heterocycles. The van der Waals surface area contributed by atoms with Gasteiger partial charge in [0.2, 0.25) is 15.9 Å². The van der Waals surface area contributed by atoms with Crippen molar-refractivity contribution in [2.75, 3.05) is 18.4 Å². The van der Waals surface area contributed by atoms with E-state index in [1.807, 2.05) is 0 Å². The number of sulfonamides is 1. The number of amides is 1. The van der Waals surface area contributed by atoms with Crippen LogP contribution in [0.3, 0.4) is 0 Å². The molecule has 162 valence electrons. The van der Waals surface area contributed by atoms with E-state index in [1.54, 1.807) is 0 Å². The van der Waals surface area contributed by atoms with Crippen molar-refractivity contribution < 1.29 is 26.4 Å². The minimum atomic E-state index is -4.47. The van der Waals surface area contributed by atoms with E-state index in [2.05, 4.69) is 5.32 Å². The van der Waals surface area contributed by atoms with Crippen molar-refractivity contribution in [1.29, 1.82) is 0 Å². The monoisotopic (exact) mass is 480 g/mol. The number of nitrogens with zero attached hydrogens (tertiary/aromatic N) is 1. The first-order valence-electron chi connectivity index (χ1n) is 8.92. The summed E-state index contributed by atoms with van der Waals surface area (Å²) in [6.07, 6.45) is -3.58. The maximum atomic E-state index is 13.0. The number of carbonyl (C=O) groups excluding carboxylic acids is 1. The molecule has 1 amide bonds. The van der Waals surface area contributed by atoms with Crippen LogP contribution in [-0.4, -0.2) is 31.7 Å². The second kappa shape index (κ2) is 8.74. The van der Waals surface area contributed by atoms with Crippen molar-refractivity contribution in [1.82, 2.24) is 4.31 Å². The zero-order valence-electron chi connectivity index (χ0n) is 15.4. The van der Waals surface area contributed by atoms with Gasteiger partial charge in [0.15, 0.2) is 0 Å². The van der Waals surface area contributed by atoms with Gasteiger partial charge in [-0.1, -0.05) is 23.2 Å². The van der Waals surface area contributed by atoms with Gasteiger partial charge < -0.3 is 5.32 Å². The van der Waals surface area contributed by atoms with Crippen LogP contribution in [0.2, 0.25) is 10.0 Å². The number of hydrogen-bond acceptors (Lipinski definition) is 3. The number of rotatable bonds is 4. The average Bonchev–Trinajstić information content (AvgIpc) is 2.69. The van der Waals surface area contributed by atoms with Gasteiger partial charge in [-0.15, -0.1) is 0 Å². The molecule has 0 radical (unpaired) electrons. The lowest BCUT2D eigenvalue weighted by Gasteiger charge is -2.31. The molecule has 1 heterocycles. The summed E-state index contributed by atoms with van der Waals surface area (Å²) in [6.45, 7) is 0.146. The molecule has 2 aromatic carbocycles. The van der Waals surface area contributed by atoms with Crippen LogP contribution in [0.4, 0.5) is 18.9 Å². The fraction of sp³-hybridized carbons (Fsp3) is 0.316. The highest BCUT2D eigenvalue weighted by Crippen LogP contribution is 2.32. The molecule has 5 nitrogen and oxygen atoms in total. The van der Waals surface area contributed by atoms with Crippen molar-refractivity contribution in [3.8, 4) is 0 Å². The van der Waals surface area contributed by atoms with Crippen molar-refractivity contribution in [2.24, 2.45) is 5.92 Å². The Morgan fingerprint density at radius 3 is 2.40 bits per heavy atom. The van der Waals surface area contributed by atoms with Crippen molar-refractivity contribution in [3.63, 3.8) is 0 Å². The Morgan fingerprint density at radius 1 is 1.10 bits per heavy atom. The largest absolute Gasteiger partial charge is 0.416 e. The van der Waals surface area contributed by atoms with E-state index in [0.29, 0.717) is 12.8 Å². The third-order valence-electron chi connectivity index (χ3n) is 4.75. The van der Waals surface area contributed by atoms with Crippen LogP contribution < -0.4 is 5.32 Å². The molecule has 1 saturated heterocycles. The molecule has 0 aliphatic carbocycles. The Labute approximate surface area is 181 Å². The molecule has 11 heteroatoms. The third-order valence-corrected chi connectivity index (χ3v) is 7.33. The van der Waals surface area contributed by atoms with Crippen LogP contribution in [0.15, 0.2) is 47.4 Å². The van der Waals surface area contributed by atoms with E-state index in [9.17, 15) is 26.4 Å². The van der Waals surface area contributed by atoms with Gasteiger partial charge in [-0.05, 0) is 55.3 Å². The predicted octanol–water partition coefficient (Wildman–Crippen LogP) is 5.05. The zero-order chi connectivity index (χ0) is 22.1. The number of nitrogens with one attached hydrogen (secondary N) is 1. The molecular weight excluding hydrogens is 464 g/mol. The van der Waals surface area contributed by atoms with Gasteiger partial charge in [-0.25, -0.2) is 8.42 Å². The molecule has 0 bridgehead atoms. The van der Waals surface area contributed by atoms with Crippen LogP contribution in [-0.2, 0) is 21.0 Å². The molecule has 1 aliphatic heterocycles. The van der Waals surface area contributed by atoms with Crippen LogP contribution in [0.25, 0.3) is 0 Å². The number of alkyl halides is 3. The number of benzene rings is 2. The molecule has 2 aromatic rings. The quantitative estimate of drug-likeness (QED) is 0.665. The lowest BCUT2D eigenvalue weighted by molar-refractivity contribution is -0.137. The molecule has 1 N–H and O–H groups in total. The molecule has 0 unspecified atom stereocenters. The number of hydrogen-bond donors (Lipinski definition) is 1. The molecule has 30 heavy (non-hydrogen) atoms. The molecule has 0 saturated carbocycles. The second-order valence-electron chi connectivity index (χ2n) is 6.84. The second-order valence-corrected chi connectivity index (χ2v) is 9.59. The Hall–Kier alpha value is -1.81. The molecule has 3 rings (SSSR count). The Bertz CT molecular complexity index is 1040. The summed E-state index contributed by atoms with van der Waals surface area (Å²) in [5.41, 5.74) is -0.625. The maximum absolute atomic E-state index is 13.0. The summed E-state index contributed by atoms with van der Waals surface area (Å²) in [5, 5.41) is 2.79. The van der Waals surface area contributed by atoms with Gasteiger partial charge in [-0.3, -0.25) is 4.79 Å². The molecule has 1 atom stereocenters.